The lowest BCUT2D eigenvalue weighted by molar-refractivity contribution is -0.138. The molecule has 0 radical (unpaired) electrons. The molecule has 3 nitrogen and oxygen atoms in total. The maximum atomic E-state index is 12.1. The van der Waals surface area contributed by atoms with E-state index in [0.717, 1.165) is 5.56 Å². The minimum absolute atomic E-state index is 0.0443. The van der Waals surface area contributed by atoms with E-state index in [9.17, 15) is 9.90 Å². The van der Waals surface area contributed by atoms with Crippen LogP contribution in [0.25, 0.3) is 0 Å². The van der Waals surface area contributed by atoms with E-state index in [1.807, 2.05) is 44.2 Å². The first-order chi connectivity index (χ1) is 8.93. The van der Waals surface area contributed by atoms with E-state index < -0.39 is 18.1 Å². The first kappa shape index (κ1) is 15.9. The van der Waals surface area contributed by atoms with Gasteiger partial charge in [-0.05, 0) is 18.4 Å². The fourth-order valence-corrected chi connectivity index (χ4v) is 1.99. The van der Waals surface area contributed by atoms with Gasteiger partial charge in [0.1, 0.15) is 6.10 Å². The van der Waals surface area contributed by atoms with E-state index in [-0.39, 0.29) is 11.7 Å². The van der Waals surface area contributed by atoms with Crippen molar-refractivity contribution in [3.63, 3.8) is 0 Å². The zero-order valence-corrected chi connectivity index (χ0v) is 12.2. The first-order valence-electron chi connectivity index (χ1n) is 6.80. The molecule has 0 aliphatic heterocycles. The van der Waals surface area contributed by atoms with Crippen molar-refractivity contribution in [3.8, 4) is 0 Å². The predicted octanol–water partition coefficient (Wildman–Crippen LogP) is 2.81. The normalized spacial score (nSPS) is 16.1. The number of benzene rings is 1. The third-order valence-corrected chi connectivity index (χ3v) is 3.39. The minimum atomic E-state index is -0.615. The second kappa shape index (κ2) is 7.41. The summed E-state index contributed by atoms with van der Waals surface area (Å²) in [6.07, 6.45) is -1.11. The van der Waals surface area contributed by atoms with Crippen molar-refractivity contribution in [1.82, 2.24) is 0 Å². The smallest absolute Gasteiger partial charge is 0.166 e. The molecule has 0 saturated carbocycles. The topological polar surface area (TPSA) is 46.5 Å². The minimum Gasteiger partial charge on any atom is -0.392 e. The van der Waals surface area contributed by atoms with Crippen molar-refractivity contribution in [1.29, 1.82) is 0 Å². The Kier molecular flexibility index (Phi) is 6.19. The van der Waals surface area contributed by atoms with Crippen molar-refractivity contribution >= 4 is 5.78 Å². The van der Waals surface area contributed by atoms with Gasteiger partial charge in [-0.15, -0.1) is 0 Å². The summed E-state index contributed by atoms with van der Waals surface area (Å²) < 4.78 is 5.58. The van der Waals surface area contributed by atoms with Crippen LogP contribution >= 0.6 is 0 Å². The Hall–Kier alpha value is -1.19. The number of carbonyl (C=O) groups is 1. The van der Waals surface area contributed by atoms with Gasteiger partial charge >= 0.3 is 0 Å². The van der Waals surface area contributed by atoms with Crippen molar-refractivity contribution in [2.75, 3.05) is 0 Å². The number of ketones is 1. The zero-order valence-electron chi connectivity index (χ0n) is 12.2. The van der Waals surface area contributed by atoms with Crippen molar-refractivity contribution in [3.05, 3.63) is 35.9 Å². The zero-order chi connectivity index (χ0) is 14.4. The summed E-state index contributed by atoms with van der Waals surface area (Å²) >= 11 is 0. The van der Waals surface area contributed by atoms with Crippen LogP contribution in [0.2, 0.25) is 0 Å². The molecule has 0 spiro atoms. The predicted molar refractivity (Wildman–Crippen MR) is 75.7 cm³/mol. The third-order valence-electron chi connectivity index (χ3n) is 3.39. The highest BCUT2D eigenvalue weighted by Gasteiger charge is 2.28. The van der Waals surface area contributed by atoms with Crippen LogP contribution in [0.3, 0.4) is 0 Å². The Morgan fingerprint density at radius 1 is 1.16 bits per heavy atom. The SMILES string of the molecule is CC(C)[C@@H](O)[C@H](C)C(=O)[C@H](C)OCc1ccccc1. The Balaban J connectivity index is 2.49. The molecular weight excluding hydrogens is 240 g/mol. The molecule has 0 fully saturated rings. The second-order valence-electron chi connectivity index (χ2n) is 5.36. The lowest BCUT2D eigenvalue weighted by Gasteiger charge is -2.23. The average Bonchev–Trinajstić information content (AvgIpc) is 2.43. The number of aliphatic hydroxyl groups excluding tert-OH is 1. The molecule has 3 heteroatoms. The number of aliphatic hydroxyl groups is 1. The monoisotopic (exact) mass is 264 g/mol. The lowest BCUT2D eigenvalue weighted by Crippen LogP contribution is -2.36. The van der Waals surface area contributed by atoms with Crippen LogP contribution in [0.4, 0.5) is 0 Å². The third kappa shape index (κ3) is 4.77. The van der Waals surface area contributed by atoms with Gasteiger partial charge < -0.3 is 9.84 Å². The summed E-state index contributed by atoms with van der Waals surface area (Å²) in [5, 5.41) is 9.92. The largest absolute Gasteiger partial charge is 0.392 e. The summed E-state index contributed by atoms with van der Waals surface area (Å²) in [6, 6.07) is 9.75. The molecule has 1 aromatic rings. The van der Waals surface area contributed by atoms with Crippen molar-refractivity contribution in [2.24, 2.45) is 11.8 Å². The summed E-state index contributed by atoms with van der Waals surface area (Å²) in [7, 11) is 0. The van der Waals surface area contributed by atoms with E-state index >= 15 is 0 Å². The van der Waals surface area contributed by atoms with Gasteiger partial charge in [-0.1, -0.05) is 51.1 Å². The molecule has 3 atom stereocenters. The van der Waals surface area contributed by atoms with E-state index in [1.165, 1.54) is 0 Å². The number of ether oxygens (including phenoxy) is 1. The van der Waals surface area contributed by atoms with Crippen LogP contribution < -0.4 is 0 Å². The highest BCUT2D eigenvalue weighted by atomic mass is 16.5. The molecule has 1 N–H and O–H groups in total. The molecule has 0 unspecified atom stereocenters. The maximum absolute atomic E-state index is 12.1. The molecule has 0 heterocycles. The van der Waals surface area contributed by atoms with E-state index in [1.54, 1.807) is 13.8 Å². The number of carbonyl (C=O) groups excluding carboxylic acids is 1. The van der Waals surface area contributed by atoms with Gasteiger partial charge in [-0.2, -0.15) is 0 Å². The summed E-state index contributed by atoms with van der Waals surface area (Å²) in [5.74, 6) is -0.372. The van der Waals surface area contributed by atoms with Gasteiger partial charge in [0.2, 0.25) is 0 Å². The van der Waals surface area contributed by atoms with Gasteiger partial charge in [0.05, 0.1) is 12.7 Å². The maximum Gasteiger partial charge on any atom is 0.166 e. The molecule has 0 aliphatic rings. The fourth-order valence-electron chi connectivity index (χ4n) is 1.99. The van der Waals surface area contributed by atoms with E-state index in [2.05, 4.69) is 0 Å². The molecule has 0 saturated heterocycles. The second-order valence-corrected chi connectivity index (χ2v) is 5.36. The van der Waals surface area contributed by atoms with Crippen LogP contribution in [0.1, 0.15) is 33.3 Å². The van der Waals surface area contributed by atoms with Gasteiger partial charge in [-0.25, -0.2) is 0 Å². The molecule has 1 aromatic carbocycles. The van der Waals surface area contributed by atoms with Crippen LogP contribution in [-0.4, -0.2) is 23.1 Å². The quantitative estimate of drug-likeness (QED) is 0.823. The number of hydrogen-bond acceptors (Lipinski definition) is 3. The van der Waals surface area contributed by atoms with E-state index in [4.69, 9.17) is 4.74 Å². The first-order valence-corrected chi connectivity index (χ1v) is 6.80. The van der Waals surface area contributed by atoms with Crippen LogP contribution in [0, 0.1) is 11.8 Å². The molecule has 0 bridgehead atoms. The number of rotatable bonds is 7. The molecule has 19 heavy (non-hydrogen) atoms. The Morgan fingerprint density at radius 3 is 2.26 bits per heavy atom. The molecule has 1 rings (SSSR count). The van der Waals surface area contributed by atoms with Gasteiger partial charge in [0, 0.05) is 5.92 Å². The Bertz CT molecular complexity index is 386. The molecule has 0 aliphatic carbocycles. The number of hydrogen-bond donors (Lipinski definition) is 1. The molecule has 106 valence electrons. The van der Waals surface area contributed by atoms with Crippen molar-refractivity contribution in [2.45, 2.75) is 46.5 Å². The van der Waals surface area contributed by atoms with Crippen LogP contribution in [-0.2, 0) is 16.1 Å². The highest BCUT2D eigenvalue weighted by Crippen LogP contribution is 2.16. The number of Topliss-reactive ketones (excluding diaryl/α,β-unsaturated/α-hetero) is 1. The Labute approximate surface area is 115 Å². The van der Waals surface area contributed by atoms with Gasteiger partial charge in [0.25, 0.3) is 0 Å². The standard InChI is InChI=1S/C16H24O3/c1-11(2)15(17)12(3)16(18)13(4)19-10-14-8-6-5-7-9-14/h5-9,11-13,15,17H,10H2,1-4H3/t12-,13-,15+/m0/s1. The van der Waals surface area contributed by atoms with Gasteiger partial charge in [-0.3, -0.25) is 4.79 Å². The molecular formula is C16H24O3. The van der Waals surface area contributed by atoms with Crippen LogP contribution in [0.5, 0.6) is 0 Å². The average molecular weight is 264 g/mol. The fraction of sp³-hybridized carbons (Fsp3) is 0.562. The summed E-state index contributed by atoms with van der Waals surface area (Å²) in [6.45, 7) is 7.73. The van der Waals surface area contributed by atoms with Gasteiger partial charge in [0.15, 0.2) is 5.78 Å². The highest BCUT2D eigenvalue weighted by molar-refractivity contribution is 5.85. The van der Waals surface area contributed by atoms with Crippen molar-refractivity contribution < 1.29 is 14.6 Å². The molecule has 0 aromatic heterocycles. The molecule has 0 amide bonds. The van der Waals surface area contributed by atoms with Crippen LogP contribution in [0.15, 0.2) is 30.3 Å². The summed E-state index contributed by atoms with van der Waals surface area (Å²) in [4.78, 5) is 12.1. The summed E-state index contributed by atoms with van der Waals surface area (Å²) in [5.41, 5.74) is 1.04. The van der Waals surface area contributed by atoms with E-state index in [0.29, 0.717) is 6.61 Å². The Morgan fingerprint density at radius 2 is 1.74 bits per heavy atom. The lowest BCUT2D eigenvalue weighted by atomic mass is 9.89.